The van der Waals surface area contributed by atoms with E-state index in [0.29, 0.717) is 6.42 Å². The van der Waals surface area contributed by atoms with Crippen LogP contribution in [-0.2, 0) is 0 Å². The first-order chi connectivity index (χ1) is 4.77. The second-order valence-corrected chi connectivity index (χ2v) is 2.50. The maximum Gasteiger partial charge on any atom is 0.0906 e. The highest BCUT2D eigenvalue weighted by molar-refractivity contribution is 4.87. The molecule has 1 N–H and O–H groups in total. The summed E-state index contributed by atoms with van der Waals surface area (Å²) in [5.41, 5.74) is 1.17. The molecule has 0 rings (SSSR count). The van der Waals surface area contributed by atoms with E-state index in [1.807, 2.05) is 6.92 Å². The van der Waals surface area contributed by atoms with Crippen LogP contribution in [0.25, 0.3) is 0 Å². The van der Waals surface area contributed by atoms with E-state index >= 15 is 0 Å². The molecule has 0 aliphatic carbocycles. The van der Waals surface area contributed by atoms with E-state index in [1.165, 1.54) is 5.57 Å². The van der Waals surface area contributed by atoms with Crippen LogP contribution in [0, 0.1) is 0 Å². The van der Waals surface area contributed by atoms with Gasteiger partial charge >= 0.3 is 0 Å². The number of alkyl halides is 1. The monoisotopic (exact) mass is 145 g/mol. The van der Waals surface area contributed by atoms with Crippen LogP contribution in [0.15, 0.2) is 12.2 Å². The van der Waals surface area contributed by atoms with Crippen molar-refractivity contribution in [3.63, 3.8) is 0 Å². The fourth-order valence-electron chi connectivity index (χ4n) is 0.619. The van der Waals surface area contributed by atoms with Crippen molar-refractivity contribution in [2.45, 2.75) is 19.8 Å². The highest BCUT2D eigenvalue weighted by Crippen LogP contribution is 1.91. The molecule has 0 radical (unpaired) electrons. The van der Waals surface area contributed by atoms with Crippen molar-refractivity contribution >= 4 is 0 Å². The Morgan fingerprint density at radius 1 is 1.50 bits per heavy atom. The zero-order valence-electron chi connectivity index (χ0n) is 6.62. The third-order valence-electron chi connectivity index (χ3n) is 1.22. The minimum absolute atomic E-state index is 0.222. The molecular formula is C8H16FN. The van der Waals surface area contributed by atoms with E-state index in [9.17, 15) is 4.39 Å². The van der Waals surface area contributed by atoms with Gasteiger partial charge in [-0.05, 0) is 32.9 Å². The van der Waals surface area contributed by atoms with Crippen LogP contribution >= 0.6 is 0 Å². The van der Waals surface area contributed by atoms with Crippen molar-refractivity contribution in [2.75, 3.05) is 19.8 Å². The van der Waals surface area contributed by atoms with E-state index in [-0.39, 0.29) is 6.67 Å². The molecule has 0 aromatic heterocycles. The van der Waals surface area contributed by atoms with Gasteiger partial charge in [-0.15, -0.1) is 6.58 Å². The number of nitrogens with one attached hydrogen (secondary N) is 1. The highest BCUT2D eigenvalue weighted by atomic mass is 19.1. The van der Waals surface area contributed by atoms with Crippen LogP contribution in [0.3, 0.4) is 0 Å². The summed E-state index contributed by atoms with van der Waals surface area (Å²) in [5.74, 6) is 0. The minimum Gasteiger partial charge on any atom is -0.316 e. The summed E-state index contributed by atoms with van der Waals surface area (Å²) in [7, 11) is 0. The van der Waals surface area contributed by atoms with Crippen LogP contribution in [-0.4, -0.2) is 19.8 Å². The first-order valence-corrected chi connectivity index (χ1v) is 3.68. The normalized spacial score (nSPS) is 9.80. The fraction of sp³-hybridized carbons (Fsp3) is 0.750. The lowest BCUT2D eigenvalue weighted by Crippen LogP contribution is -2.17. The molecule has 0 saturated heterocycles. The number of hydrogen-bond donors (Lipinski definition) is 1. The van der Waals surface area contributed by atoms with Crippen molar-refractivity contribution in [1.29, 1.82) is 0 Å². The summed E-state index contributed by atoms with van der Waals surface area (Å²) >= 11 is 0. The molecule has 0 aromatic rings. The Kier molecular flexibility index (Phi) is 6.50. The van der Waals surface area contributed by atoms with Gasteiger partial charge in [0.05, 0.1) is 6.67 Å². The number of halogens is 1. The second kappa shape index (κ2) is 6.75. The third kappa shape index (κ3) is 7.63. The molecule has 0 bridgehead atoms. The van der Waals surface area contributed by atoms with Gasteiger partial charge in [0, 0.05) is 0 Å². The first-order valence-electron chi connectivity index (χ1n) is 3.68. The highest BCUT2D eigenvalue weighted by Gasteiger charge is 1.87. The van der Waals surface area contributed by atoms with Gasteiger partial charge in [-0.2, -0.15) is 0 Å². The topological polar surface area (TPSA) is 12.0 Å². The lowest BCUT2D eigenvalue weighted by molar-refractivity contribution is 0.460. The van der Waals surface area contributed by atoms with E-state index in [2.05, 4.69) is 11.9 Å². The third-order valence-corrected chi connectivity index (χ3v) is 1.22. The molecule has 0 aliphatic heterocycles. The molecule has 2 heteroatoms. The standard InChI is InChI=1S/C8H16FN/c1-8(2)4-7-10-6-3-5-9/h10H,1,3-7H2,2H3. The van der Waals surface area contributed by atoms with E-state index in [4.69, 9.17) is 0 Å². The molecule has 0 amide bonds. The average molecular weight is 145 g/mol. The van der Waals surface area contributed by atoms with Gasteiger partial charge in [0.2, 0.25) is 0 Å². The fourth-order valence-corrected chi connectivity index (χ4v) is 0.619. The Balaban J connectivity index is 2.84. The molecule has 60 valence electrons. The van der Waals surface area contributed by atoms with Gasteiger partial charge in [0.25, 0.3) is 0 Å². The van der Waals surface area contributed by atoms with Crippen molar-refractivity contribution < 1.29 is 4.39 Å². The smallest absolute Gasteiger partial charge is 0.0906 e. The molecular weight excluding hydrogens is 129 g/mol. The average Bonchev–Trinajstić information content (AvgIpc) is 1.87. The summed E-state index contributed by atoms with van der Waals surface area (Å²) in [6.07, 6.45) is 1.61. The van der Waals surface area contributed by atoms with Gasteiger partial charge in [-0.3, -0.25) is 4.39 Å². The van der Waals surface area contributed by atoms with Gasteiger partial charge < -0.3 is 5.32 Å². The molecule has 0 saturated carbocycles. The lowest BCUT2D eigenvalue weighted by Gasteiger charge is -2.01. The molecule has 0 fully saturated rings. The Morgan fingerprint density at radius 3 is 2.70 bits per heavy atom. The Bertz CT molecular complexity index is 91.3. The van der Waals surface area contributed by atoms with Gasteiger partial charge in [0.15, 0.2) is 0 Å². The number of rotatable bonds is 6. The summed E-state index contributed by atoms with van der Waals surface area (Å²) in [5, 5.41) is 3.12. The quantitative estimate of drug-likeness (QED) is 0.444. The van der Waals surface area contributed by atoms with Crippen LogP contribution in [0.1, 0.15) is 19.8 Å². The maximum absolute atomic E-state index is 11.5. The summed E-state index contributed by atoms with van der Waals surface area (Å²) < 4.78 is 11.5. The van der Waals surface area contributed by atoms with Crippen LogP contribution in [0.4, 0.5) is 4.39 Å². The molecule has 0 spiro atoms. The van der Waals surface area contributed by atoms with Crippen LogP contribution < -0.4 is 5.32 Å². The van der Waals surface area contributed by atoms with Crippen molar-refractivity contribution in [3.05, 3.63) is 12.2 Å². The zero-order valence-corrected chi connectivity index (χ0v) is 6.62. The van der Waals surface area contributed by atoms with Crippen molar-refractivity contribution in [1.82, 2.24) is 5.32 Å². The van der Waals surface area contributed by atoms with Crippen LogP contribution in [0.5, 0.6) is 0 Å². The van der Waals surface area contributed by atoms with Crippen molar-refractivity contribution in [3.8, 4) is 0 Å². The predicted octanol–water partition coefficient (Wildman–Crippen LogP) is 1.90. The lowest BCUT2D eigenvalue weighted by atomic mass is 10.2. The van der Waals surface area contributed by atoms with E-state index < -0.39 is 0 Å². The van der Waals surface area contributed by atoms with Crippen LogP contribution in [0.2, 0.25) is 0 Å². The molecule has 0 heterocycles. The van der Waals surface area contributed by atoms with Crippen molar-refractivity contribution in [2.24, 2.45) is 0 Å². The first kappa shape index (κ1) is 9.63. The largest absolute Gasteiger partial charge is 0.316 e. The van der Waals surface area contributed by atoms with E-state index in [0.717, 1.165) is 19.5 Å². The summed E-state index contributed by atoms with van der Waals surface area (Å²) in [4.78, 5) is 0. The zero-order chi connectivity index (χ0) is 7.82. The van der Waals surface area contributed by atoms with Gasteiger partial charge in [-0.1, -0.05) is 5.57 Å². The Morgan fingerprint density at radius 2 is 2.20 bits per heavy atom. The minimum atomic E-state index is -0.222. The molecule has 0 atom stereocenters. The molecule has 10 heavy (non-hydrogen) atoms. The molecule has 0 aliphatic rings. The van der Waals surface area contributed by atoms with Gasteiger partial charge in [0.1, 0.15) is 0 Å². The predicted molar refractivity (Wildman–Crippen MR) is 42.9 cm³/mol. The SMILES string of the molecule is C=C(C)CCNCCCF. The second-order valence-electron chi connectivity index (χ2n) is 2.50. The number of hydrogen-bond acceptors (Lipinski definition) is 1. The van der Waals surface area contributed by atoms with E-state index in [1.54, 1.807) is 0 Å². The Hall–Kier alpha value is -0.370. The summed E-state index contributed by atoms with van der Waals surface area (Å²) in [6.45, 7) is 7.24. The van der Waals surface area contributed by atoms with Gasteiger partial charge in [-0.25, -0.2) is 0 Å². The molecule has 0 unspecified atom stereocenters. The maximum atomic E-state index is 11.5. The molecule has 1 nitrogen and oxygen atoms in total. The molecule has 0 aromatic carbocycles. The Labute approximate surface area is 62.3 Å². The summed E-state index contributed by atoms with van der Waals surface area (Å²) in [6, 6.07) is 0.